The summed E-state index contributed by atoms with van der Waals surface area (Å²) in [4.78, 5) is 0. The van der Waals surface area contributed by atoms with Gasteiger partial charge in [-0.05, 0) is 36.0 Å². The van der Waals surface area contributed by atoms with Gasteiger partial charge in [0.2, 0.25) is 0 Å². The van der Waals surface area contributed by atoms with E-state index >= 15 is 0 Å². The van der Waals surface area contributed by atoms with E-state index in [2.05, 4.69) is 23.3 Å². The van der Waals surface area contributed by atoms with Gasteiger partial charge in [-0.1, -0.05) is 48.5 Å². The number of nitrogens with one attached hydrogen (secondary N) is 2. The van der Waals surface area contributed by atoms with Gasteiger partial charge < -0.3 is 15.4 Å². The van der Waals surface area contributed by atoms with Crippen molar-refractivity contribution in [1.29, 1.82) is 0 Å². The quantitative estimate of drug-likeness (QED) is 0.351. The number of ether oxygens (including phenoxy) is 1. The van der Waals surface area contributed by atoms with E-state index in [1.165, 1.54) is 0 Å². The Morgan fingerprint density at radius 1 is 1.24 bits per heavy atom. The van der Waals surface area contributed by atoms with Crippen molar-refractivity contribution < 1.29 is 4.74 Å². The van der Waals surface area contributed by atoms with Crippen LogP contribution < -0.4 is 15.4 Å². The fourth-order valence-corrected chi connectivity index (χ4v) is 3.39. The van der Waals surface area contributed by atoms with Crippen molar-refractivity contribution in [1.82, 2.24) is 5.32 Å². The average Bonchev–Trinajstić information content (AvgIpc) is 2.61. The molecule has 0 amide bonds. The van der Waals surface area contributed by atoms with Crippen LogP contribution in [0.5, 0.6) is 5.75 Å². The van der Waals surface area contributed by atoms with Crippen molar-refractivity contribution in [2.75, 3.05) is 24.2 Å². The van der Waals surface area contributed by atoms with Gasteiger partial charge in [-0.2, -0.15) is 11.8 Å². The summed E-state index contributed by atoms with van der Waals surface area (Å²) in [5, 5.41) is 7.78. The molecule has 2 N–H and O–H groups in total. The molecule has 6 heteroatoms. The molecule has 0 fully saturated rings. The first-order valence-corrected chi connectivity index (χ1v) is 9.83. The molecule has 3 nitrogen and oxygen atoms in total. The maximum atomic E-state index is 6.15. The Balaban J connectivity index is 1.67. The van der Waals surface area contributed by atoms with E-state index in [0.29, 0.717) is 11.7 Å². The van der Waals surface area contributed by atoms with Crippen molar-refractivity contribution in [2.45, 2.75) is 5.75 Å². The minimum absolute atomic E-state index is 0.481. The molecule has 0 spiro atoms. The van der Waals surface area contributed by atoms with Gasteiger partial charge in [0.05, 0.1) is 0 Å². The van der Waals surface area contributed by atoms with Crippen LogP contribution in [0.4, 0.5) is 5.69 Å². The molecule has 0 heterocycles. The molecule has 2 aromatic carbocycles. The van der Waals surface area contributed by atoms with Crippen LogP contribution in [-0.2, 0) is 5.75 Å². The molecule has 132 valence electrons. The highest BCUT2D eigenvalue weighted by molar-refractivity contribution is 7.98. The Hall–Kier alpha value is -1.69. The number of hydrogen-bond donors (Lipinski definition) is 2. The third kappa shape index (κ3) is 7.38. The van der Waals surface area contributed by atoms with Crippen molar-refractivity contribution in [3.05, 3.63) is 71.8 Å². The highest BCUT2D eigenvalue weighted by atomic mass is 35.5. The Kier molecular flexibility index (Phi) is 8.66. The van der Waals surface area contributed by atoms with Crippen LogP contribution in [0, 0.1) is 0 Å². The minimum Gasteiger partial charge on any atom is -0.489 e. The van der Waals surface area contributed by atoms with E-state index in [1.54, 1.807) is 6.08 Å². The fourth-order valence-electron chi connectivity index (χ4n) is 2.03. The number of thioether (sulfide) groups is 1. The predicted molar refractivity (Wildman–Crippen MR) is 114 cm³/mol. The molecule has 0 saturated carbocycles. The van der Waals surface area contributed by atoms with Gasteiger partial charge in [0, 0.05) is 34.8 Å². The molecule has 0 aliphatic heterocycles. The second-order valence-corrected chi connectivity index (χ2v) is 7.07. The summed E-state index contributed by atoms with van der Waals surface area (Å²) in [6, 6.07) is 15.6. The molecule has 0 aliphatic carbocycles. The topological polar surface area (TPSA) is 33.3 Å². The first-order chi connectivity index (χ1) is 12.2. The van der Waals surface area contributed by atoms with Gasteiger partial charge in [0.15, 0.2) is 5.11 Å². The zero-order valence-electron chi connectivity index (χ0n) is 13.8. The fraction of sp³-hybridized carbons (Fsp3) is 0.211. The highest BCUT2D eigenvalue weighted by Gasteiger charge is 2.01. The minimum atomic E-state index is 0.481. The van der Waals surface area contributed by atoms with Gasteiger partial charge in [-0.15, -0.1) is 0 Å². The first kappa shape index (κ1) is 19.6. The number of rotatable bonds is 9. The lowest BCUT2D eigenvalue weighted by molar-refractivity contribution is 0.363. The van der Waals surface area contributed by atoms with Crippen LogP contribution in [0.25, 0.3) is 0 Å². The molecule has 0 aliphatic rings. The second-order valence-electron chi connectivity index (χ2n) is 5.15. The Morgan fingerprint density at radius 2 is 2.08 bits per heavy atom. The third-order valence-electron chi connectivity index (χ3n) is 3.21. The first-order valence-electron chi connectivity index (χ1n) is 7.89. The lowest BCUT2D eigenvalue weighted by atomic mass is 10.2. The predicted octanol–water partition coefficient (Wildman–Crippen LogP) is 5.12. The summed E-state index contributed by atoms with van der Waals surface area (Å²) in [6.07, 6.45) is 1.71. The summed E-state index contributed by atoms with van der Waals surface area (Å²) in [5.74, 6) is 2.61. The molecule has 0 bridgehead atoms. The highest BCUT2D eigenvalue weighted by Crippen LogP contribution is 2.20. The van der Waals surface area contributed by atoms with Crippen LogP contribution in [0.3, 0.4) is 0 Å². The molecule has 0 atom stereocenters. The molecule has 0 aromatic heterocycles. The van der Waals surface area contributed by atoms with Crippen LogP contribution in [-0.4, -0.2) is 24.0 Å². The molecule has 25 heavy (non-hydrogen) atoms. The SMILES string of the molecule is C=CCOc1cccc(NC(=S)NCCSCc2ccccc2Cl)c1. The molecular formula is C19H21ClN2OS2. The van der Waals surface area contributed by atoms with Crippen molar-refractivity contribution >= 4 is 46.4 Å². The normalized spacial score (nSPS) is 10.1. The van der Waals surface area contributed by atoms with E-state index in [1.807, 2.05) is 54.2 Å². The van der Waals surface area contributed by atoms with E-state index < -0.39 is 0 Å². The Labute approximate surface area is 163 Å². The number of anilines is 1. The zero-order valence-corrected chi connectivity index (χ0v) is 16.2. The maximum absolute atomic E-state index is 6.15. The van der Waals surface area contributed by atoms with Gasteiger partial charge in [0.1, 0.15) is 12.4 Å². The number of hydrogen-bond acceptors (Lipinski definition) is 3. The van der Waals surface area contributed by atoms with Gasteiger partial charge in [-0.25, -0.2) is 0 Å². The number of benzene rings is 2. The lowest BCUT2D eigenvalue weighted by Crippen LogP contribution is -2.30. The molecule has 0 saturated heterocycles. The van der Waals surface area contributed by atoms with Gasteiger partial charge >= 0.3 is 0 Å². The Bertz CT molecular complexity index is 709. The second kappa shape index (κ2) is 11.0. The smallest absolute Gasteiger partial charge is 0.170 e. The van der Waals surface area contributed by atoms with Gasteiger partial charge in [0.25, 0.3) is 0 Å². The molecular weight excluding hydrogens is 372 g/mol. The molecule has 0 unspecified atom stereocenters. The largest absolute Gasteiger partial charge is 0.489 e. The standard InChI is InChI=1S/C19H21ClN2OS2/c1-2-11-23-17-8-5-7-16(13-17)22-19(24)21-10-12-25-14-15-6-3-4-9-18(15)20/h2-9,13H,1,10-12,14H2,(H2,21,22,24). The maximum Gasteiger partial charge on any atom is 0.170 e. The van der Waals surface area contributed by atoms with E-state index in [0.717, 1.165) is 40.1 Å². The van der Waals surface area contributed by atoms with E-state index in [-0.39, 0.29) is 0 Å². The third-order valence-corrected chi connectivity index (χ3v) is 4.83. The van der Waals surface area contributed by atoms with Crippen LogP contribution >= 0.6 is 35.6 Å². The summed E-state index contributed by atoms with van der Waals surface area (Å²) in [5.41, 5.74) is 2.05. The van der Waals surface area contributed by atoms with Crippen LogP contribution in [0.2, 0.25) is 5.02 Å². The average molecular weight is 393 g/mol. The van der Waals surface area contributed by atoms with Crippen molar-refractivity contribution in [2.24, 2.45) is 0 Å². The van der Waals surface area contributed by atoms with Crippen LogP contribution in [0.1, 0.15) is 5.56 Å². The van der Waals surface area contributed by atoms with Crippen LogP contribution in [0.15, 0.2) is 61.2 Å². The monoisotopic (exact) mass is 392 g/mol. The number of thiocarbonyl (C=S) groups is 1. The van der Waals surface area contributed by atoms with E-state index in [4.69, 9.17) is 28.6 Å². The lowest BCUT2D eigenvalue weighted by Gasteiger charge is -2.12. The van der Waals surface area contributed by atoms with E-state index in [9.17, 15) is 0 Å². The summed E-state index contributed by atoms with van der Waals surface area (Å²) >= 11 is 13.3. The molecule has 2 rings (SSSR count). The summed E-state index contributed by atoms with van der Waals surface area (Å²) in [6.45, 7) is 4.91. The zero-order chi connectivity index (χ0) is 17.9. The van der Waals surface area contributed by atoms with Crippen molar-refractivity contribution in [3.8, 4) is 5.75 Å². The molecule has 2 aromatic rings. The van der Waals surface area contributed by atoms with Crippen molar-refractivity contribution in [3.63, 3.8) is 0 Å². The Morgan fingerprint density at radius 3 is 2.88 bits per heavy atom. The molecule has 0 radical (unpaired) electrons. The van der Waals surface area contributed by atoms with Gasteiger partial charge in [-0.3, -0.25) is 0 Å². The summed E-state index contributed by atoms with van der Waals surface area (Å²) in [7, 11) is 0. The number of halogens is 1. The summed E-state index contributed by atoms with van der Waals surface area (Å²) < 4.78 is 5.51.